The highest BCUT2D eigenvalue weighted by Gasteiger charge is 1.95. The van der Waals surface area contributed by atoms with Crippen molar-refractivity contribution >= 4 is 12.4 Å². The third kappa shape index (κ3) is 13.1. The maximum atomic E-state index is 4.06. The molecule has 1 aromatic heterocycles. The second-order valence-electron chi connectivity index (χ2n) is 6.35. The second kappa shape index (κ2) is 16.8. The van der Waals surface area contributed by atoms with E-state index in [0.29, 0.717) is 0 Å². The van der Waals surface area contributed by atoms with Crippen molar-refractivity contribution < 1.29 is 0 Å². The Hall–Kier alpha value is -0.560. The van der Waals surface area contributed by atoms with Gasteiger partial charge in [0.25, 0.3) is 0 Å². The molecule has 128 valence electrons. The molecule has 22 heavy (non-hydrogen) atoms. The number of hydrogen-bond donors (Lipinski definition) is 0. The predicted molar refractivity (Wildman–Crippen MR) is 101 cm³/mol. The highest BCUT2D eigenvalue weighted by Crippen LogP contribution is 2.13. The molecule has 2 heteroatoms. The quantitative estimate of drug-likeness (QED) is 0.331. The normalized spacial score (nSPS) is 10.4. The lowest BCUT2D eigenvalue weighted by atomic mass is 10.0. The molecular weight excluding hydrogens is 290 g/mol. The smallest absolute Gasteiger partial charge is 0.0270 e. The number of rotatable bonds is 14. The second-order valence-corrected chi connectivity index (χ2v) is 6.35. The third-order valence-electron chi connectivity index (χ3n) is 4.32. The van der Waals surface area contributed by atoms with Gasteiger partial charge in [-0.15, -0.1) is 12.4 Å². The van der Waals surface area contributed by atoms with Crippen LogP contribution in [-0.4, -0.2) is 4.98 Å². The molecule has 0 unspecified atom stereocenters. The Morgan fingerprint density at radius 1 is 0.636 bits per heavy atom. The highest BCUT2D eigenvalue weighted by atomic mass is 35.5. The van der Waals surface area contributed by atoms with Crippen molar-refractivity contribution in [2.75, 3.05) is 0 Å². The molecule has 1 heterocycles. The van der Waals surface area contributed by atoms with E-state index in [9.17, 15) is 0 Å². The molecule has 1 aromatic rings. The van der Waals surface area contributed by atoms with Gasteiger partial charge in [0.2, 0.25) is 0 Å². The van der Waals surface area contributed by atoms with Crippen molar-refractivity contribution in [1.82, 2.24) is 4.98 Å². The van der Waals surface area contributed by atoms with Crippen LogP contribution in [0.1, 0.15) is 96.0 Å². The molecule has 0 spiro atoms. The molecule has 0 N–H and O–H groups in total. The molecule has 1 rings (SSSR count). The van der Waals surface area contributed by atoms with Crippen molar-refractivity contribution in [3.8, 4) is 0 Å². The SMILES string of the molecule is CCCCCCCCCCCCCCCc1ccncc1.Cl. The number of nitrogens with zero attached hydrogens (tertiary/aromatic N) is 1. The Morgan fingerprint density at radius 2 is 1.05 bits per heavy atom. The van der Waals surface area contributed by atoms with Gasteiger partial charge in [-0.25, -0.2) is 0 Å². The van der Waals surface area contributed by atoms with E-state index in [4.69, 9.17) is 0 Å². The molecule has 0 aromatic carbocycles. The van der Waals surface area contributed by atoms with Gasteiger partial charge in [0.15, 0.2) is 0 Å². The first-order valence-electron chi connectivity index (χ1n) is 9.32. The molecule has 0 saturated carbocycles. The summed E-state index contributed by atoms with van der Waals surface area (Å²) in [6.45, 7) is 2.29. The van der Waals surface area contributed by atoms with Crippen molar-refractivity contribution in [3.63, 3.8) is 0 Å². The molecule has 0 amide bonds. The van der Waals surface area contributed by atoms with E-state index in [0.717, 1.165) is 0 Å². The summed E-state index contributed by atoms with van der Waals surface area (Å²) >= 11 is 0. The summed E-state index contributed by atoms with van der Waals surface area (Å²) in [4.78, 5) is 4.06. The Balaban J connectivity index is 0.00000441. The molecule has 0 aliphatic rings. The zero-order chi connectivity index (χ0) is 15.0. The molecule has 0 saturated heterocycles. The molecule has 0 atom stereocenters. The first kappa shape index (κ1) is 21.4. The van der Waals surface area contributed by atoms with E-state index < -0.39 is 0 Å². The minimum atomic E-state index is 0. The molecule has 0 bridgehead atoms. The summed E-state index contributed by atoms with van der Waals surface area (Å²) < 4.78 is 0. The van der Waals surface area contributed by atoms with Gasteiger partial charge in [-0.05, 0) is 30.5 Å². The zero-order valence-corrected chi connectivity index (χ0v) is 15.4. The van der Waals surface area contributed by atoms with Crippen LogP contribution in [0.2, 0.25) is 0 Å². The highest BCUT2D eigenvalue weighted by molar-refractivity contribution is 5.85. The number of halogens is 1. The van der Waals surface area contributed by atoms with Gasteiger partial charge in [0.1, 0.15) is 0 Å². The topological polar surface area (TPSA) is 12.9 Å². The van der Waals surface area contributed by atoms with E-state index in [2.05, 4.69) is 24.0 Å². The lowest BCUT2D eigenvalue weighted by Gasteiger charge is -2.03. The van der Waals surface area contributed by atoms with Gasteiger partial charge >= 0.3 is 0 Å². The van der Waals surface area contributed by atoms with Gasteiger partial charge in [-0.3, -0.25) is 4.98 Å². The van der Waals surface area contributed by atoms with Crippen LogP contribution < -0.4 is 0 Å². The average Bonchev–Trinajstić information content (AvgIpc) is 2.53. The minimum Gasteiger partial charge on any atom is -0.265 e. The van der Waals surface area contributed by atoms with E-state index in [1.807, 2.05) is 12.4 Å². The van der Waals surface area contributed by atoms with Gasteiger partial charge in [-0.2, -0.15) is 0 Å². The minimum absolute atomic E-state index is 0. The number of pyridine rings is 1. The molecule has 0 aliphatic carbocycles. The monoisotopic (exact) mass is 325 g/mol. The fourth-order valence-electron chi connectivity index (χ4n) is 2.90. The van der Waals surface area contributed by atoms with E-state index in [-0.39, 0.29) is 12.4 Å². The fourth-order valence-corrected chi connectivity index (χ4v) is 2.90. The summed E-state index contributed by atoms with van der Waals surface area (Å²) in [5.41, 5.74) is 1.44. The average molecular weight is 326 g/mol. The summed E-state index contributed by atoms with van der Waals surface area (Å²) in [5.74, 6) is 0. The lowest BCUT2D eigenvalue weighted by Crippen LogP contribution is -1.87. The van der Waals surface area contributed by atoms with Crippen LogP contribution in [0.3, 0.4) is 0 Å². The standard InChI is InChI=1S/C20H35N.ClH/c1-2-3-4-5-6-7-8-9-10-11-12-13-14-15-20-16-18-21-19-17-20;/h16-19H,2-15H2,1H3;1H. The fraction of sp³-hybridized carbons (Fsp3) is 0.750. The number of unbranched alkanes of at least 4 members (excludes halogenated alkanes) is 12. The van der Waals surface area contributed by atoms with Crippen molar-refractivity contribution in [2.45, 2.75) is 96.8 Å². The summed E-state index contributed by atoms with van der Waals surface area (Å²) in [5, 5.41) is 0. The van der Waals surface area contributed by atoms with E-state index in [1.165, 1.54) is 95.5 Å². The van der Waals surface area contributed by atoms with E-state index >= 15 is 0 Å². The van der Waals surface area contributed by atoms with Crippen LogP contribution in [0.5, 0.6) is 0 Å². The summed E-state index contributed by atoms with van der Waals surface area (Å²) in [7, 11) is 0. The number of aromatic nitrogens is 1. The van der Waals surface area contributed by atoms with Crippen molar-refractivity contribution in [3.05, 3.63) is 30.1 Å². The predicted octanol–water partition coefficient (Wildman–Crippen LogP) is 7.14. The molecule has 0 radical (unpaired) electrons. The maximum absolute atomic E-state index is 4.06. The largest absolute Gasteiger partial charge is 0.265 e. The Labute approximate surface area is 144 Å². The van der Waals surface area contributed by atoms with Crippen LogP contribution in [0.4, 0.5) is 0 Å². The Morgan fingerprint density at radius 3 is 1.50 bits per heavy atom. The molecule has 0 fully saturated rings. The molecule has 1 nitrogen and oxygen atoms in total. The summed E-state index contributed by atoms with van der Waals surface area (Å²) in [6, 6.07) is 4.28. The summed E-state index contributed by atoms with van der Waals surface area (Å²) in [6.07, 6.45) is 23.6. The first-order valence-corrected chi connectivity index (χ1v) is 9.32. The Kier molecular flexibility index (Phi) is 16.4. The van der Waals surface area contributed by atoms with Gasteiger partial charge < -0.3 is 0 Å². The van der Waals surface area contributed by atoms with Crippen LogP contribution >= 0.6 is 12.4 Å². The van der Waals surface area contributed by atoms with Crippen LogP contribution in [0.15, 0.2) is 24.5 Å². The van der Waals surface area contributed by atoms with Gasteiger partial charge in [0.05, 0.1) is 0 Å². The van der Waals surface area contributed by atoms with Crippen LogP contribution in [-0.2, 0) is 6.42 Å². The van der Waals surface area contributed by atoms with Crippen molar-refractivity contribution in [1.29, 1.82) is 0 Å². The van der Waals surface area contributed by atoms with Gasteiger partial charge in [0, 0.05) is 12.4 Å². The van der Waals surface area contributed by atoms with Crippen LogP contribution in [0.25, 0.3) is 0 Å². The Bertz CT molecular complexity index is 313. The molecule has 0 aliphatic heterocycles. The number of aryl methyl sites for hydroxylation is 1. The molecular formula is C20H36ClN. The first-order chi connectivity index (χ1) is 10.4. The zero-order valence-electron chi connectivity index (χ0n) is 14.6. The van der Waals surface area contributed by atoms with Crippen LogP contribution in [0, 0.1) is 0 Å². The van der Waals surface area contributed by atoms with E-state index in [1.54, 1.807) is 0 Å². The third-order valence-corrected chi connectivity index (χ3v) is 4.32. The lowest BCUT2D eigenvalue weighted by molar-refractivity contribution is 0.539. The van der Waals surface area contributed by atoms with Crippen molar-refractivity contribution in [2.24, 2.45) is 0 Å². The van der Waals surface area contributed by atoms with Gasteiger partial charge in [-0.1, -0.05) is 84.0 Å². The maximum Gasteiger partial charge on any atom is 0.0270 e. The number of hydrogen-bond acceptors (Lipinski definition) is 1.